The summed E-state index contributed by atoms with van der Waals surface area (Å²) in [6, 6.07) is 9.38. The van der Waals surface area contributed by atoms with E-state index in [0.29, 0.717) is 0 Å². The molecule has 0 saturated carbocycles. The second-order valence-corrected chi connectivity index (χ2v) is 7.22. The number of fused-ring (bicyclic) bond motifs is 2. The number of nitrogens with zero attached hydrogens (tertiary/aromatic N) is 4. The van der Waals surface area contributed by atoms with E-state index in [4.69, 9.17) is 0 Å². The molecule has 0 fully saturated rings. The van der Waals surface area contributed by atoms with E-state index in [9.17, 15) is 19.2 Å². The third kappa shape index (κ3) is 2.40. The van der Waals surface area contributed by atoms with Crippen molar-refractivity contribution in [3.63, 3.8) is 0 Å². The van der Waals surface area contributed by atoms with Gasteiger partial charge in [0.1, 0.15) is 11.6 Å². The molecule has 0 N–H and O–H groups in total. The van der Waals surface area contributed by atoms with Crippen molar-refractivity contribution in [2.45, 2.75) is 13.8 Å². The summed E-state index contributed by atoms with van der Waals surface area (Å²) in [5.74, 6) is 0.397. The van der Waals surface area contributed by atoms with Gasteiger partial charge in [-0.2, -0.15) is 0 Å². The van der Waals surface area contributed by atoms with Crippen LogP contribution in [-0.4, -0.2) is 19.1 Å². The van der Waals surface area contributed by atoms with Gasteiger partial charge in [0.25, 0.3) is 22.2 Å². The fraction of sp³-hybridized carbons (Fsp3) is 0.0909. The van der Waals surface area contributed by atoms with E-state index in [-0.39, 0.29) is 33.2 Å². The molecule has 1 aromatic carbocycles. The van der Waals surface area contributed by atoms with Crippen molar-refractivity contribution in [3.05, 3.63) is 101 Å². The van der Waals surface area contributed by atoms with Crippen molar-refractivity contribution < 1.29 is 0 Å². The monoisotopic (exact) mass is 398 g/mol. The van der Waals surface area contributed by atoms with Crippen LogP contribution in [0.5, 0.6) is 0 Å². The summed E-state index contributed by atoms with van der Waals surface area (Å²) in [6.45, 7) is 3.65. The predicted octanol–water partition coefficient (Wildman–Crippen LogP) is 1.30. The maximum absolute atomic E-state index is 12.9. The van der Waals surface area contributed by atoms with Crippen LogP contribution in [0.4, 0.5) is 0 Å². The summed E-state index contributed by atoms with van der Waals surface area (Å²) >= 11 is 0. The molecule has 0 aliphatic rings. The van der Waals surface area contributed by atoms with E-state index in [1.165, 1.54) is 24.5 Å². The number of pyridine rings is 2. The Balaban J connectivity index is 1.86. The fourth-order valence-electron chi connectivity index (χ4n) is 3.67. The molecule has 0 bridgehead atoms. The molecule has 0 spiro atoms. The Morgan fingerprint density at radius 1 is 0.567 bits per heavy atom. The lowest BCUT2D eigenvalue weighted by Gasteiger charge is -1.99. The largest absolute Gasteiger partial charge is 0.268 e. The first-order valence-electron chi connectivity index (χ1n) is 9.18. The molecule has 146 valence electrons. The van der Waals surface area contributed by atoms with E-state index < -0.39 is 22.2 Å². The lowest BCUT2D eigenvalue weighted by Crippen LogP contribution is -2.25. The number of aromatic nitrogens is 4. The Labute approximate surface area is 168 Å². The topological polar surface area (TPSA) is 104 Å². The average molecular weight is 398 g/mol. The van der Waals surface area contributed by atoms with E-state index in [2.05, 4.69) is 9.97 Å². The third-order valence-electron chi connectivity index (χ3n) is 5.15. The molecule has 0 aliphatic heterocycles. The molecule has 0 unspecified atom stereocenters. The van der Waals surface area contributed by atoms with Crippen molar-refractivity contribution in [1.82, 2.24) is 19.1 Å². The van der Waals surface area contributed by atoms with Gasteiger partial charge in [0.2, 0.25) is 0 Å². The summed E-state index contributed by atoms with van der Waals surface area (Å²) in [4.78, 5) is 60.0. The van der Waals surface area contributed by atoms with Gasteiger partial charge in [-0.05, 0) is 61.4 Å². The molecule has 4 aromatic heterocycles. The molecule has 0 radical (unpaired) electrons. The van der Waals surface area contributed by atoms with Crippen molar-refractivity contribution in [3.8, 4) is 11.6 Å². The summed E-state index contributed by atoms with van der Waals surface area (Å²) in [5, 5.41) is 0.286. The van der Waals surface area contributed by atoms with Crippen molar-refractivity contribution in [2.24, 2.45) is 0 Å². The zero-order chi connectivity index (χ0) is 21.2. The van der Waals surface area contributed by atoms with E-state index >= 15 is 0 Å². The Hall–Kier alpha value is -4.20. The fourth-order valence-corrected chi connectivity index (χ4v) is 3.67. The second-order valence-electron chi connectivity index (χ2n) is 7.22. The molecular weight excluding hydrogens is 384 g/mol. The first-order chi connectivity index (χ1) is 14.4. The Bertz CT molecular complexity index is 1500. The van der Waals surface area contributed by atoms with Crippen LogP contribution in [0.2, 0.25) is 0 Å². The zero-order valence-corrected chi connectivity index (χ0v) is 16.0. The lowest BCUT2D eigenvalue weighted by atomic mass is 10.1. The Morgan fingerprint density at radius 3 is 1.20 bits per heavy atom. The van der Waals surface area contributed by atoms with Crippen LogP contribution < -0.4 is 22.2 Å². The Morgan fingerprint density at radius 2 is 0.900 bits per heavy atom. The highest BCUT2D eigenvalue weighted by Crippen LogP contribution is 2.17. The molecular formula is C22H14N4O4. The quantitative estimate of drug-likeness (QED) is 0.444. The molecule has 5 aromatic rings. The summed E-state index contributed by atoms with van der Waals surface area (Å²) in [6.07, 6.45) is 3.02. The van der Waals surface area contributed by atoms with Crippen LogP contribution in [0.15, 0.2) is 68.0 Å². The van der Waals surface area contributed by atoms with Gasteiger partial charge in [-0.3, -0.25) is 19.2 Å². The number of aryl methyl sites for hydroxylation is 2. The normalized spacial score (nSPS) is 11.5. The number of rotatable bonds is 2. The molecule has 0 amide bonds. The first kappa shape index (κ1) is 17.9. The standard InChI is InChI=1S/C22H14N4O4/c1-11-3-5-23-17(7-11)25-19(27)13-9-15-16(10-14(13)20(25)28)22(30)26(21(15)29)18-8-12(2)4-6-24-18/h3-10H,1-2H3. The molecule has 0 atom stereocenters. The number of hydrogen-bond donors (Lipinski definition) is 0. The predicted molar refractivity (Wildman–Crippen MR) is 113 cm³/mol. The zero-order valence-electron chi connectivity index (χ0n) is 16.0. The minimum absolute atomic E-state index is 0.0715. The maximum atomic E-state index is 12.9. The van der Waals surface area contributed by atoms with Crippen LogP contribution in [0.3, 0.4) is 0 Å². The molecule has 0 aliphatic carbocycles. The molecule has 8 nitrogen and oxygen atoms in total. The SMILES string of the molecule is Cc1ccnc(-n2c(=O)c3cc4c(=O)n(-c5cc(C)ccn5)c(=O)c4cc3c2=O)c1. The van der Waals surface area contributed by atoms with Crippen LogP contribution in [0.25, 0.3) is 33.2 Å². The van der Waals surface area contributed by atoms with Crippen LogP contribution in [0, 0.1) is 13.8 Å². The van der Waals surface area contributed by atoms with Gasteiger partial charge in [0.15, 0.2) is 0 Å². The van der Waals surface area contributed by atoms with Gasteiger partial charge < -0.3 is 0 Å². The first-order valence-corrected chi connectivity index (χ1v) is 9.18. The highest BCUT2D eigenvalue weighted by molar-refractivity contribution is 5.98. The number of hydrogen-bond acceptors (Lipinski definition) is 6. The highest BCUT2D eigenvalue weighted by Gasteiger charge is 2.21. The van der Waals surface area contributed by atoms with Gasteiger partial charge in [0, 0.05) is 12.4 Å². The van der Waals surface area contributed by atoms with Crippen LogP contribution in [-0.2, 0) is 0 Å². The van der Waals surface area contributed by atoms with Gasteiger partial charge in [-0.1, -0.05) is 0 Å². The minimum Gasteiger partial charge on any atom is -0.268 e. The van der Waals surface area contributed by atoms with Crippen molar-refractivity contribution in [2.75, 3.05) is 0 Å². The molecule has 30 heavy (non-hydrogen) atoms. The molecule has 5 rings (SSSR count). The lowest BCUT2D eigenvalue weighted by molar-refractivity contribution is 0.934. The maximum Gasteiger partial charge on any atom is 0.267 e. The van der Waals surface area contributed by atoms with E-state index in [0.717, 1.165) is 20.3 Å². The average Bonchev–Trinajstić information content (AvgIpc) is 3.11. The van der Waals surface area contributed by atoms with E-state index in [1.54, 1.807) is 24.3 Å². The Kier molecular flexibility index (Phi) is 3.66. The van der Waals surface area contributed by atoms with Gasteiger partial charge in [0.05, 0.1) is 21.5 Å². The summed E-state index contributed by atoms with van der Waals surface area (Å²) in [5.41, 5.74) is -0.644. The highest BCUT2D eigenvalue weighted by atomic mass is 16.2. The van der Waals surface area contributed by atoms with Crippen LogP contribution in [0.1, 0.15) is 11.1 Å². The smallest absolute Gasteiger partial charge is 0.267 e. The van der Waals surface area contributed by atoms with Crippen LogP contribution >= 0.6 is 0 Å². The molecule has 8 heteroatoms. The van der Waals surface area contributed by atoms with E-state index in [1.807, 2.05) is 13.8 Å². The van der Waals surface area contributed by atoms with Gasteiger partial charge in [-0.25, -0.2) is 19.1 Å². The second kappa shape index (κ2) is 6.15. The summed E-state index contributed by atoms with van der Waals surface area (Å²) in [7, 11) is 0. The molecule has 4 heterocycles. The minimum atomic E-state index is -0.580. The van der Waals surface area contributed by atoms with Gasteiger partial charge >= 0.3 is 0 Å². The number of benzene rings is 1. The van der Waals surface area contributed by atoms with Gasteiger partial charge in [-0.15, -0.1) is 0 Å². The van der Waals surface area contributed by atoms with Crippen molar-refractivity contribution >= 4 is 21.5 Å². The van der Waals surface area contributed by atoms with Crippen molar-refractivity contribution in [1.29, 1.82) is 0 Å². The molecule has 0 saturated heterocycles. The summed E-state index contributed by atoms with van der Waals surface area (Å²) < 4.78 is 1.92. The third-order valence-corrected chi connectivity index (χ3v) is 5.15.